The van der Waals surface area contributed by atoms with Gasteiger partial charge in [-0.15, -0.1) is 0 Å². The van der Waals surface area contributed by atoms with Crippen LogP contribution in [0.3, 0.4) is 0 Å². The second-order valence-electron chi connectivity index (χ2n) is 1.40. The van der Waals surface area contributed by atoms with Crippen LogP contribution in [-0.2, 0) is 0 Å². The molecule has 0 rings (SSSR count). The van der Waals surface area contributed by atoms with E-state index in [4.69, 9.17) is 0 Å². The van der Waals surface area contributed by atoms with E-state index >= 15 is 0 Å². The summed E-state index contributed by atoms with van der Waals surface area (Å²) in [5.74, 6) is 0. The zero-order chi connectivity index (χ0) is 5.70. The highest BCUT2D eigenvalue weighted by Crippen LogP contribution is 1.82. The monoisotopic (exact) mass is 97.1 g/mol. The highest BCUT2D eigenvalue weighted by atomic mass is 14.7. The SMILES string of the molecule is C=CN=C(C)CC. The molecule has 0 saturated carbocycles. The average Bonchev–Trinajstić information content (AvgIpc) is 1.68. The first-order chi connectivity index (χ1) is 3.31. The molecule has 0 N–H and O–H groups in total. The largest absolute Gasteiger partial charge is 0.267 e. The van der Waals surface area contributed by atoms with Crippen LogP contribution in [0.1, 0.15) is 20.3 Å². The van der Waals surface area contributed by atoms with Gasteiger partial charge in [0.1, 0.15) is 0 Å². The van der Waals surface area contributed by atoms with Crippen LogP contribution in [0.15, 0.2) is 17.8 Å². The standard InChI is InChI=1S/C6H11N/c1-4-6(3)7-5-2/h5H,2,4H2,1,3H3. The third-order valence-corrected chi connectivity index (χ3v) is 0.823. The lowest BCUT2D eigenvalue weighted by Crippen LogP contribution is -1.82. The van der Waals surface area contributed by atoms with Crippen molar-refractivity contribution in [3.05, 3.63) is 12.8 Å². The maximum atomic E-state index is 3.92. The molecule has 1 nitrogen and oxygen atoms in total. The lowest BCUT2D eigenvalue weighted by molar-refractivity contribution is 1.25. The van der Waals surface area contributed by atoms with E-state index in [1.165, 1.54) is 0 Å². The molecule has 0 heterocycles. The normalized spacial score (nSPS) is 11.4. The Labute approximate surface area is 44.8 Å². The molecule has 0 atom stereocenters. The molecule has 0 aromatic carbocycles. The Kier molecular flexibility index (Phi) is 3.29. The van der Waals surface area contributed by atoms with Gasteiger partial charge in [0.15, 0.2) is 0 Å². The number of aliphatic imine (C=N–C) groups is 1. The van der Waals surface area contributed by atoms with Gasteiger partial charge in [-0.25, -0.2) is 0 Å². The zero-order valence-electron chi connectivity index (χ0n) is 4.94. The Morgan fingerprint density at radius 1 is 1.86 bits per heavy atom. The summed E-state index contributed by atoms with van der Waals surface area (Å²) in [6, 6.07) is 0. The van der Waals surface area contributed by atoms with Crippen molar-refractivity contribution in [2.45, 2.75) is 20.3 Å². The molecule has 0 bridgehead atoms. The van der Waals surface area contributed by atoms with Crippen LogP contribution in [-0.4, -0.2) is 5.71 Å². The van der Waals surface area contributed by atoms with Crippen molar-refractivity contribution in [1.82, 2.24) is 0 Å². The Bertz CT molecular complexity index is 82.2. The summed E-state index contributed by atoms with van der Waals surface area (Å²) in [5, 5.41) is 0. The van der Waals surface area contributed by atoms with Crippen LogP contribution in [0.25, 0.3) is 0 Å². The molecule has 0 aromatic heterocycles. The van der Waals surface area contributed by atoms with Crippen molar-refractivity contribution >= 4 is 5.71 Å². The summed E-state index contributed by atoms with van der Waals surface area (Å²) in [6.45, 7) is 7.52. The third-order valence-electron chi connectivity index (χ3n) is 0.823. The molecule has 0 aliphatic heterocycles. The van der Waals surface area contributed by atoms with Gasteiger partial charge in [-0.2, -0.15) is 0 Å². The van der Waals surface area contributed by atoms with Crippen molar-refractivity contribution in [3.8, 4) is 0 Å². The van der Waals surface area contributed by atoms with Gasteiger partial charge in [-0.1, -0.05) is 13.5 Å². The second-order valence-corrected chi connectivity index (χ2v) is 1.40. The van der Waals surface area contributed by atoms with Gasteiger partial charge >= 0.3 is 0 Å². The number of hydrogen-bond donors (Lipinski definition) is 0. The summed E-state index contributed by atoms with van der Waals surface area (Å²) < 4.78 is 0. The molecule has 0 spiro atoms. The van der Waals surface area contributed by atoms with Gasteiger partial charge in [-0.3, -0.25) is 4.99 Å². The van der Waals surface area contributed by atoms with E-state index in [1.807, 2.05) is 6.92 Å². The van der Waals surface area contributed by atoms with E-state index in [1.54, 1.807) is 6.20 Å². The van der Waals surface area contributed by atoms with E-state index in [-0.39, 0.29) is 0 Å². The molecule has 0 amide bonds. The second kappa shape index (κ2) is 3.59. The minimum absolute atomic E-state index is 1.02. The molecule has 0 saturated heterocycles. The summed E-state index contributed by atoms with van der Waals surface area (Å²) in [6.07, 6.45) is 2.59. The van der Waals surface area contributed by atoms with Crippen molar-refractivity contribution in [3.63, 3.8) is 0 Å². The first-order valence-electron chi connectivity index (χ1n) is 2.45. The molecule has 40 valence electrons. The Morgan fingerprint density at radius 2 is 2.43 bits per heavy atom. The average molecular weight is 97.2 g/mol. The maximum absolute atomic E-state index is 3.92. The van der Waals surface area contributed by atoms with Crippen molar-refractivity contribution in [2.24, 2.45) is 4.99 Å². The van der Waals surface area contributed by atoms with Gasteiger partial charge in [-0.05, 0) is 13.3 Å². The van der Waals surface area contributed by atoms with Gasteiger partial charge < -0.3 is 0 Å². The molecular formula is C6H11N. The van der Waals surface area contributed by atoms with Crippen LogP contribution in [0, 0.1) is 0 Å². The molecule has 0 aliphatic rings. The van der Waals surface area contributed by atoms with Crippen molar-refractivity contribution < 1.29 is 0 Å². The summed E-state index contributed by atoms with van der Waals surface area (Å²) in [4.78, 5) is 3.92. The first kappa shape index (κ1) is 6.41. The van der Waals surface area contributed by atoms with Gasteiger partial charge in [0.2, 0.25) is 0 Å². The Balaban J connectivity index is 3.49. The van der Waals surface area contributed by atoms with Crippen LogP contribution in [0.4, 0.5) is 0 Å². The van der Waals surface area contributed by atoms with E-state index in [0.29, 0.717) is 0 Å². The van der Waals surface area contributed by atoms with E-state index in [0.717, 1.165) is 12.1 Å². The molecule has 1 heteroatoms. The lowest BCUT2D eigenvalue weighted by Gasteiger charge is -1.85. The minimum atomic E-state index is 1.02. The molecule has 0 aromatic rings. The summed E-state index contributed by atoms with van der Waals surface area (Å²) in [7, 11) is 0. The van der Waals surface area contributed by atoms with Crippen LogP contribution < -0.4 is 0 Å². The number of nitrogens with zero attached hydrogens (tertiary/aromatic N) is 1. The predicted molar refractivity (Wildman–Crippen MR) is 33.6 cm³/mol. The number of rotatable bonds is 2. The summed E-state index contributed by atoms with van der Waals surface area (Å²) >= 11 is 0. The molecule has 7 heavy (non-hydrogen) atoms. The molecule has 0 radical (unpaired) electrons. The third kappa shape index (κ3) is 3.23. The van der Waals surface area contributed by atoms with E-state index in [9.17, 15) is 0 Å². The zero-order valence-corrected chi connectivity index (χ0v) is 4.94. The van der Waals surface area contributed by atoms with Crippen LogP contribution in [0.5, 0.6) is 0 Å². The highest BCUT2D eigenvalue weighted by Gasteiger charge is 1.76. The number of hydrogen-bond acceptors (Lipinski definition) is 1. The maximum Gasteiger partial charge on any atom is 0.0195 e. The van der Waals surface area contributed by atoms with Gasteiger partial charge in [0, 0.05) is 11.9 Å². The lowest BCUT2D eigenvalue weighted by atomic mass is 10.3. The van der Waals surface area contributed by atoms with E-state index < -0.39 is 0 Å². The van der Waals surface area contributed by atoms with Gasteiger partial charge in [0.05, 0.1) is 0 Å². The predicted octanol–water partition coefficient (Wildman–Crippen LogP) is 2.00. The van der Waals surface area contributed by atoms with Crippen LogP contribution in [0.2, 0.25) is 0 Å². The summed E-state index contributed by atoms with van der Waals surface area (Å²) in [5.41, 5.74) is 1.13. The molecule has 0 fully saturated rings. The van der Waals surface area contributed by atoms with Crippen LogP contribution >= 0.6 is 0 Å². The topological polar surface area (TPSA) is 12.4 Å². The first-order valence-corrected chi connectivity index (χ1v) is 2.45. The smallest absolute Gasteiger partial charge is 0.0195 e. The highest BCUT2D eigenvalue weighted by molar-refractivity contribution is 5.81. The fourth-order valence-corrected chi connectivity index (χ4v) is 0.247. The Hall–Kier alpha value is -0.590. The Morgan fingerprint density at radius 3 is 2.57 bits per heavy atom. The van der Waals surface area contributed by atoms with E-state index in [2.05, 4.69) is 18.5 Å². The van der Waals surface area contributed by atoms with Crippen molar-refractivity contribution in [2.75, 3.05) is 0 Å². The molecular weight excluding hydrogens is 86.1 g/mol. The molecule has 0 unspecified atom stereocenters. The quantitative estimate of drug-likeness (QED) is 0.467. The fraction of sp³-hybridized carbons (Fsp3) is 0.500. The molecule has 0 aliphatic carbocycles. The minimum Gasteiger partial charge on any atom is -0.267 e. The fourth-order valence-electron chi connectivity index (χ4n) is 0.247. The van der Waals surface area contributed by atoms with Crippen molar-refractivity contribution in [1.29, 1.82) is 0 Å². The van der Waals surface area contributed by atoms with Gasteiger partial charge in [0.25, 0.3) is 0 Å².